The van der Waals surface area contributed by atoms with Gasteiger partial charge in [0.05, 0.1) is 12.7 Å². The standard InChI is InChI=1S/C13H14F3NO3/c1-19-12(18)10-6-8(7-17-10)20-11-5-3-2-4-9(11)13(14,15)16/h2-5,8,10,17H,6-7H2,1H3/t8-,10+/m1/s1. The number of hydrogen-bond donors (Lipinski definition) is 1. The molecular weight excluding hydrogens is 275 g/mol. The van der Waals surface area contributed by atoms with Crippen LogP contribution in [0.3, 0.4) is 0 Å². The highest BCUT2D eigenvalue weighted by atomic mass is 19.4. The summed E-state index contributed by atoms with van der Waals surface area (Å²) in [7, 11) is 1.26. The lowest BCUT2D eigenvalue weighted by Gasteiger charge is -2.17. The van der Waals surface area contributed by atoms with Crippen LogP contribution < -0.4 is 10.1 Å². The highest BCUT2D eigenvalue weighted by molar-refractivity contribution is 5.76. The van der Waals surface area contributed by atoms with Gasteiger partial charge in [-0.05, 0) is 12.1 Å². The van der Waals surface area contributed by atoms with Gasteiger partial charge in [-0.3, -0.25) is 4.79 Å². The van der Waals surface area contributed by atoms with Gasteiger partial charge in [0.15, 0.2) is 0 Å². The van der Waals surface area contributed by atoms with Gasteiger partial charge in [0.25, 0.3) is 0 Å². The molecule has 7 heteroatoms. The third-order valence-electron chi connectivity index (χ3n) is 3.06. The van der Waals surface area contributed by atoms with E-state index >= 15 is 0 Å². The number of hydrogen-bond acceptors (Lipinski definition) is 4. The predicted molar refractivity (Wildman–Crippen MR) is 64.3 cm³/mol. The number of ether oxygens (including phenoxy) is 2. The van der Waals surface area contributed by atoms with E-state index in [-0.39, 0.29) is 12.2 Å². The maximum atomic E-state index is 12.8. The first kappa shape index (κ1) is 14.6. The lowest BCUT2D eigenvalue weighted by Crippen LogP contribution is -2.31. The molecule has 0 saturated carbocycles. The van der Waals surface area contributed by atoms with E-state index in [1.54, 1.807) is 0 Å². The fourth-order valence-electron chi connectivity index (χ4n) is 2.10. The van der Waals surface area contributed by atoms with Crippen LogP contribution in [0.1, 0.15) is 12.0 Å². The molecule has 0 aliphatic carbocycles. The second kappa shape index (κ2) is 5.70. The van der Waals surface area contributed by atoms with Crippen LogP contribution in [-0.4, -0.2) is 31.8 Å². The van der Waals surface area contributed by atoms with Crippen molar-refractivity contribution in [2.75, 3.05) is 13.7 Å². The largest absolute Gasteiger partial charge is 0.488 e. The Morgan fingerprint density at radius 3 is 2.70 bits per heavy atom. The molecule has 110 valence electrons. The number of benzene rings is 1. The van der Waals surface area contributed by atoms with Crippen molar-refractivity contribution in [2.24, 2.45) is 0 Å². The fourth-order valence-corrected chi connectivity index (χ4v) is 2.10. The van der Waals surface area contributed by atoms with Crippen LogP contribution in [0.2, 0.25) is 0 Å². The van der Waals surface area contributed by atoms with Gasteiger partial charge in [-0.25, -0.2) is 0 Å². The zero-order valence-electron chi connectivity index (χ0n) is 10.7. The highest BCUT2D eigenvalue weighted by Gasteiger charge is 2.36. The van der Waals surface area contributed by atoms with Gasteiger partial charge in [0, 0.05) is 13.0 Å². The van der Waals surface area contributed by atoms with E-state index in [0.717, 1.165) is 6.07 Å². The number of carbonyl (C=O) groups excluding carboxylic acids is 1. The molecule has 0 aromatic heterocycles. The second-order valence-corrected chi connectivity index (χ2v) is 4.45. The zero-order valence-corrected chi connectivity index (χ0v) is 10.7. The molecule has 2 rings (SSSR count). The Morgan fingerprint density at radius 1 is 1.35 bits per heavy atom. The average Bonchev–Trinajstić information content (AvgIpc) is 2.86. The summed E-state index contributed by atoms with van der Waals surface area (Å²) in [4.78, 5) is 11.3. The maximum absolute atomic E-state index is 12.8. The molecular formula is C13H14F3NO3. The molecule has 1 heterocycles. The minimum atomic E-state index is -4.47. The van der Waals surface area contributed by atoms with Crippen molar-refractivity contribution in [3.8, 4) is 5.75 Å². The monoisotopic (exact) mass is 289 g/mol. The third-order valence-corrected chi connectivity index (χ3v) is 3.06. The molecule has 1 saturated heterocycles. The number of methoxy groups -OCH3 is 1. The Balaban J connectivity index is 2.07. The predicted octanol–water partition coefficient (Wildman–Crippen LogP) is 1.99. The number of para-hydroxylation sites is 1. The number of esters is 1. The van der Waals surface area contributed by atoms with E-state index in [1.165, 1.54) is 25.3 Å². The summed E-state index contributed by atoms with van der Waals surface area (Å²) in [6.07, 6.45) is -4.69. The number of rotatable bonds is 3. The normalized spacial score (nSPS) is 22.6. The van der Waals surface area contributed by atoms with E-state index in [9.17, 15) is 18.0 Å². The highest BCUT2D eigenvalue weighted by Crippen LogP contribution is 2.36. The molecule has 1 aliphatic rings. The Morgan fingerprint density at radius 2 is 2.05 bits per heavy atom. The second-order valence-electron chi connectivity index (χ2n) is 4.45. The summed E-state index contributed by atoms with van der Waals surface area (Å²) >= 11 is 0. The molecule has 0 unspecified atom stereocenters. The summed E-state index contributed by atoms with van der Waals surface area (Å²) in [5, 5.41) is 2.86. The van der Waals surface area contributed by atoms with Crippen LogP contribution in [0.25, 0.3) is 0 Å². The van der Waals surface area contributed by atoms with Crippen molar-refractivity contribution in [2.45, 2.75) is 24.7 Å². The number of carbonyl (C=O) groups is 1. The lowest BCUT2D eigenvalue weighted by molar-refractivity contribution is -0.143. The molecule has 0 radical (unpaired) electrons. The van der Waals surface area contributed by atoms with Gasteiger partial charge in [-0.15, -0.1) is 0 Å². The zero-order chi connectivity index (χ0) is 14.8. The van der Waals surface area contributed by atoms with Gasteiger partial charge in [-0.1, -0.05) is 12.1 Å². The van der Waals surface area contributed by atoms with E-state index in [4.69, 9.17) is 4.74 Å². The minimum absolute atomic E-state index is 0.225. The molecule has 4 nitrogen and oxygen atoms in total. The molecule has 1 aliphatic heterocycles. The number of nitrogens with one attached hydrogen (secondary N) is 1. The summed E-state index contributed by atoms with van der Waals surface area (Å²) in [6, 6.07) is 4.48. The Hall–Kier alpha value is -1.76. The smallest absolute Gasteiger partial charge is 0.419 e. The minimum Gasteiger partial charge on any atom is -0.488 e. The first-order valence-electron chi connectivity index (χ1n) is 6.06. The number of alkyl halides is 3. The van der Waals surface area contributed by atoms with Gasteiger partial charge in [0.1, 0.15) is 17.9 Å². The van der Waals surface area contributed by atoms with Crippen molar-refractivity contribution in [3.63, 3.8) is 0 Å². The van der Waals surface area contributed by atoms with Gasteiger partial charge >= 0.3 is 12.1 Å². The summed E-state index contributed by atoms with van der Waals surface area (Å²) in [5.74, 6) is -0.669. The molecule has 2 atom stereocenters. The van der Waals surface area contributed by atoms with Crippen LogP contribution in [-0.2, 0) is 15.7 Å². The SMILES string of the molecule is COC(=O)[C@@H]1C[C@@H](Oc2ccccc2C(F)(F)F)CN1. The van der Waals surface area contributed by atoms with E-state index in [0.29, 0.717) is 6.54 Å². The topological polar surface area (TPSA) is 47.6 Å². The Kier molecular flexibility index (Phi) is 4.17. The first-order valence-corrected chi connectivity index (χ1v) is 6.06. The average molecular weight is 289 g/mol. The van der Waals surface area contributed by atoms with Crippen molar-refractivity contribution >= 4 is 5.97 Å². The quantitative estimate of drug-likeness (QED) is 0.865. The van der Waals surface area contributed by atoms with E-state index < -0.39 is 29.9 Å². The lowest BCUT2D eigenvalue weighted by atomic mass is 10.1. The van der Waals surface area contributed by atoms with Crippen LogP contribution in [0, 0.1) is 0 Å². The molecule has 1 fully saturated rings. The van der Waals surface area contributed by atoms with Crippen molar-refractivity contribution < 1.29 is 27.4 Å². The van der Waals surface area contributed by atoms with Crippen molar-refractivity contribution in [1.29, 1.82) is 0 Å². The number of halogens is 3. The molecule has 0 spiro atoms. The maximum Gasteiger partial charge on any atom is 0.419 e. The van der Waals surface area contributed by atoms with Crippen LogP contribution >= 0.6 is 0 Å². The summed E-state index contributed by atoms with van der Waals surface area (Å²) in [5.41, 5.74) is -0.818. The van der Waals surface area contributed by atoms with Gasteiger partial charge in [-0.2, -0.15) is 13.2 Å². The van der Waals surface area contributed by atoms with Crippen LogP contribution in [0.5, 0.6) is 5.75 Å². The van der Waals surface area contributed by atoms with E-state index in [2.05, 4.69) is 10.1 Å². The Labute approximate surface area is 113 Å². The summed E-state index contributed by atoms with van der Waals surface area (Å²) < 4.78 is 48.4. The van der Waals surface area contributed by atoms with Crippen LogP contribution in [0.4, 0.5) is 13.2 Å². The van der Waals surface area contributed by atoms with E-state index in [1.807, 2.05) is 0 Å². The molecule has 1 N–H and O–H groups in total. The molecule has 0 bridgehead atoms. The first-order chi connectivity index (χ1) is 9.41. The summed E-state index contributed by atoms with van der Waals surface area (Å²) in [6.45, 7) is 0.298. The molecule has 0 amide bonds. The molecule has 20 heavy (non-hydrogen) atoms. The fraction of sp³-hybridized carbons (Fsp3) is 0.462. The Bertz CT molecular complexity index is 490. The van der Waals surface area contributed by atoms with Crippen molar-refractivity contribution in [3.05, 3.63) is 29.8 Å². The molecule has 1 aromatic carbocycles. The molecule has 1 aromatic rings. The van der Waals surface area contributed by atoms with Gasteiger partial charge in [0.2, 0.25) is 0 Å². The van der Waals surface area contributed by atoms with Gasteiger partial charge < -0.3 is 14.8 Å². The van der Waals surface area contributed by atoms with Crippen LogP contribution in [0.15, 0.2) is 24.3 Å². The van der Waals surface area contributed by atoms with Crippen molar-refractivity contribution in [1.82, 2.24) is 5.32 Å². The third kappa shape index (κ3) is 3.22.